The Labute approximate surface area is 238 Å². The van der Waals surface area contributed by atoms with E-state index in [9.17, 15) is 4.79 Å². The van der Waals surface area contributed by atoms with Gasteiger partial charge in [0.15, 0.2) is 11.5 Å². The molecule has 7 rings (SSSR count). The van der Waals surface area contributed by atoms with Crippen molar-refractivity contribution in [3.05, 3.63) is 78.7 Å². The number of piperazine rings is 1. The summed E-state index contributed by atoms with van der Waals surface area (Å²) in [5, 5.41) is 7.28. The molecule has 13 heteroatoms. The first-order chi connectivity index (χ1) is 20.0. The fourth-order valence-corrected chi connectivity index (χ4v) is 5.77. The summed E-state index contributed by atoms with van der Waals surface area (Å²) >= 11 is 6.49. The van der Waals surface area contributed by atoms with Gasteiger partial charge in [0, 0.05) is 43.5 Å². The first-order valence-electron chi connectivity index (χ1n) is 13.0. The average Bonchev–Trinajstić information content (AvgIpc) is 3.55. The SMILES string of the molecule is C=CC(=O)N1CC2CCC(C1)N2c1ccc2ncnc(Nc3cc(Cl)c(Oc4ccn5ncnc5c4)cc3F)c2n1. The summed E-state index contributed by atoms with van der Waals surface area (Å²) < 4.78 is 22.7. The topological polar surface area (TPSA) is 114 Å². The van der Waals surface area contributed by atoms with Crippen LogP contribution >= 0.6 is 11.6 Å². The summed E-state index contributed by atoms with van der Waals surface area (Å²) in [6, 6.07) is 10.1. The number of fused-ring (bicyclic) bond motifs is 4. The summed E-state index contributed by atoms with van der Waals surface area (Å²) in [6.45, 7) is 4.85. The number of ether oxygens (including phenoxy) is 1. The van der Waals surface area contributed by atoms with Gasteiger partial charge in [0.1, 0.15) is 41.3 Å². The quantitative estimate of drug-likeness (QED) is 0.288. The molecule has 206 valence electrons. The minimum atomic E-state index is -0.586. The molecule has 4 aromatic heterocycles. The fraction of sp³-hybridized carbons (Fsp3) is 0.214. The van der Waals surface area contributed by atoms with Crippen LogP contribution in [0.3, 0.4) is 0 Å². The zero-order valence-corrected chi connectivity index (χ0v) is 22.4. The molecule has 2 fully saturated rings. The van der Waals surface area contributed by atoms with Crippen LogP contribution in [-0.2, 0) is 4.79 Å². The fourth-order valence-electron chi connectivity index (χ4n) is 5.57. The van der Waals surface area contributed by atoms with E-state index in [4.69, 9.17) is 21.3 Å². The Morgan fingerprint density at radius 1 is 1.10 bits per heavy atom. The molecule has 2 saturated heterocycles. The molecular formula is C28H23ClFN9O2. The summed E-state index contributed by atoms with van der Waals surface area (Å²) in [7, 11) is 0. The first-order valence-corrected chi connectivity index (χ1v) is 13.4. The Bertz CT molecular complexity index is 1820. The van der Waals surface area contributed by atoms with Crippen molar-refractivity contribution in [2.45, 2.75) is 24.9 Å². The van der Waals surface area contributed by atoms with E-state index in [1.807, 2.05) is 17.0 Å². The molecule has 41 heavy (non-hydrogen) atoms. The predicted molar refractivity (Wildman–Crippen MR) is 151 cm³/mol. The van der Waals surface area contributed by atoms with Crippen LogP contribution in [0.25, 0.3) is 16.7 Å². The number of hydrogen-bond donors (Lipinski definition) is 1. The lowest BCUT2D eigenvalue weighted by Gasteiger charge is -2.41. The van der Waals surface area contributed by atoms with Crippen molar-refractivity contribution in [2.75, 3.05) is 23.3 Å². The minimum absolute atomic E-state index is 0.0543. The van der Waals surface area contributed by atoms with Gasteiger partial charge in [0.25, 0.3) is 0 Å². The molecule has 0 saturated carbocycles. The highest BCUT2D eigenvalue weighted by atomic mass is 35.5. The largest absolute Gasteiger partial charge is 0.455 e. The number of hydrogen-bond acceptors (Lipinski definition) is 9. The van der Waals surface area contributed by atoms with E-state index in [-0.39, 0.29) is 34.5 Å². The zero-order chi connectivity index (χ0) is 28.1. The van der Waals surface area contributed by atoms with Crippen LogP contribution in [0, 0.1) is 5.82 Å². The molecule has 0 spiro atoms. The summed E-state index contributed by atoms with van der Waals surface area (Å²) in [5.74, 6) is 1.05. The molecule has 0 aliphatic carbocycles. The highest BCUT2D eigenvalue weighted by Gasteiger charge is 2.41. The number of amides is 1. The highest BCUT2D eigenvalue weighted by molar-refractivity contribution is 6.32. The standard InChI is InChI=1S/C28H23ClFN9O2/c1-2-26(40)37-12-16-3-4-17(13-37)39(16)24-6-5-21-27(36-24)28(33-14-31-21)35-22-10-19(29)23(11-20(22)30)41-18-7-8-38-25(9-18)32-15-34-38/h2,5-11,14-17H,1,3-4,12-13H2,(H,31,33,35). The lowest BCUT2D eigenvalue weighted by atomic mass is 10.1. The number of carbonyl (C=O) groups excluding carboxylic acids is 1. The van der Waals surface area contributed by atoms with E-state index in [1.54, 1.807) is 22.8 Å². The number of pyridine rings is 2. The van der Waals surface area contributed by atoms with Crippen molar-refractivity contribution in [2.24, 2.45) is 0 Å². The van der Waals surface area contributed by atoms with Crippen LogP contribution in [0.2, 0.25) is 5.02 Å². The van der Waals surface area contributed by atoms with Crippen molar-refractivity contribution in [3.63, 3.8) is 0 Å². The van der Waals surface area contributed by atoms with Gasteiger partial charge in [-0.3, -0.25) is 4.79 Å². The molecule has 1 amide bonds. The van der Waals surface area contributed by atoms with Gasteiger partial charge < -0.3 is 19.9 Å². The van der Waals surface area contributed by atoms with E-state index in [2.05, 4.69) is 36.8 Å². The number of benzene rings is 1. The first kappa shape index (κ1) is 25.1. The molecule has 2 aliphatic heterocycles. The monoisotopic (exact) mass is 571 g/mol. The molecule has 0 radical (unpaired) electrons. The Morgan fingerprint density at radius 3 is 2.73 bits per heavy atom. The van der Waals surface area contributed by atoms with Crippen LogP contribution in [0.1, 0.15) is 12.8 Å². The third-order valence-electron chi connectivity index (χ3n) is 7.45. The van der Waals surface area contributed by atoms with Gasteiger partial charge in [0.05, 0.1) is 16.2 Å². The van der Waals surface area contributed by atoms with Crippen LogP contribution in [0.5, 0.6) is 11.5 Å². The van der Waals surface area contributed by atoms with Gasteiger partial charge >= 0.3 is 0 Å². The van der Waals surface area contributed by atoms with Gasteiger partial charge in [-0.25, -0.2) is 28.8 Å². The van der Waals surface area contributed by atoms with Crippen molar-refractivity contribution >= 4 is 51.5 Å². The van der Waals surface area contributed by atoms with Crippen molar-refractivity contribution in [3.8, 4) is 11.5 Å². The van der Waals surface area contributed by atoms with Crippen molar-refractivity contribution in [1.82, 2.24) is 34.4 Å². The van der Waals surface area contributed by atoms with E-state index in [1.165, 1.54) is 30.9 Å². The molecule has 5 aromatic rings. The van der Waals surface area contributed by atoms with E-state index in [0.717, 1.165) is 18.7 Å². The normalized spacial score (nSPS) is 18.2. The van der Waals surface area contributed by atoms with Crippen LogP contribution in [0.15, 0.2) is 67.9 Å². The lowest BCUT2D eigenvalue weighted by molar-refractivity contribution is -0.126. The van der Waals surface area contributed by atoms with Gasteiger partial charge in [-0.1, -0.05) is 18.2 Å². The third kappa shape index (κ3) is 4.55. The third-order valence-corrected chi connectivity index (χ3v) is 7.75. The maximum atomic E-state index is 15.3. The number of rotatable bonds is 6. The summed E-state index contributed by atoms with van der Waals surface area (Å²) in [6.07, 6.45) is 7.80. The van der Waals surface area contributed by atoms with Gasteiger partial charge in [-0.05, 0) is 43.2 Å². The Hall–Kier alpha value is -4.84. The predicted octanol–water partition coefficient (Wildman–Crippen LogP) is 4.76. The van der Waals surface area contributed by atoms with Gasteiger partial charge in [-0.15, -0.1) is 0 Å². The number of carbonyl (C=O) groups is 1. The van der Waals surface area contributed by atoms with Gasteiger partial charge in [0.2, 0.25) is 5.91 Å². The number of likely N-dealkylation sites (tertiary alicyclic amines) is 1. The molecule has 6 heterocycles. The second kappa shape index (κ2) is 9.97. The number of nitrogens with one attached hydrogen (secondary N) is 1. The molecular weight excluding hydrogens is 549 g/mol. The van der Waals surface area contributed by atoms with E-state index in [0.29, 0.717) is 41.3 Å². The molecule has 11 nitrogen and oxygen atoms in total. The van der Waals surface area contributed by atoms with Crippen LogP contribution < -0.4 is 15.0 Å². The average molecular weight is 572 g/mol. The maximum absolute atomic E-state index is 15.3. The van der Waals surface area contributed by atoms with Crippen LogP contribution in [0.4, 0.5) is 21.7 Å². The highest BCUT2D eigenvalue weighted by Crippen LogP contribution is 2.37. The molecule has 1 aromatic carbocycles. The van der Waals surface area contributed by atoms with Crippen molar-refractivity contribution in [1.29, 1.82) is 0 Å². The molecule has 1 N–H and O–H groups in total. The Morgan fingerprint density at radius 2 is 1.93 bits per heavy atom. The molecule has 2 bridgehead atoms. The number of halogens is 2. The summed E-state index contributed by atoms with van der Waals surface area (Å²) in [4.78, 5) is 34.0. The number of aromatic nitrogens is 6. The second-order valence-electron chi connectivity index (χ2n) is 9.91. The lowest BCUT2D eigenvalue weighted by Crippen LogP contribution is -2.55. The minimum Gasteiger partial charge on any atom is -0.455 e. The maximum Gasteiger partial charge on any atom is 0.246 e. The Kier molecular flexibility index (Phi) is 6.11. The zero-order valence-electron chi connectivity index (χ0n) is 21.6. The number of nitrogens with zero attached hydrogens (tertiary/aromatic N) is 8. The van der Waals surface area contributed by atoms with E-state index >= 15 is 4.39 Å². The number of anilines is 3. The molecule has 2 unspecified atom stereocenters. The molecule has 2 aliphatic rings. The Balaban J connectivity index is 1.16. The van der Waals surface area contributed by atoms with Crippen molar-refractivity contribution < 1.29 is 13.9 Å². The second-order valence-corrected chi connectivity index (χ2v) is 10.3. The van der Waals surface area contributed by atoms with E-state index < -0.39 is 5.82 Å². The van der Waals surface area contributed by atoms with Crippen LogP contribution in [-0.4, -0.2) is 65.5 Å². The molecule has 2 atom stereocenters. The summed E-state index contributed by atoms with van der Waals surface area (Å²) in [5.41, 5.74) is 1.79. The smallest absolute Gasteiger partial charge is 0.246 e. The van der Waals surface area contributed by atoms with Gasteiger partial charge in [-0.2, -0.15) is 5.10 Å².